The number of ether oxygens (including phenoxy) is 1. The second-order valence-corrected chi connectivity index (χ2v) is 4.71. The van der Waals surface area contributed by atoms with Crippen molar-refractivity contribution in [1.29, 1.82) is 0 Å². The fourth-order valence-corrected chi connectivity index (χ4v) is 1.97. The predicted octanol–water partition coefficient (Wildman–Crippen LogP) is 2.33. The van der Waals surface area contributed by atoms with Gasteiger partial charge >= 0.3 is 5.97 Å². The van der Waals surface area contributed by atoms with E-state index in [2.05, 4.69) is 17.2 Å². The van der Waals surface area contributed by atoms with E-state index in [-0.39, 0.29) is 5.97 Å². The van der Waals surface area contributed by atoms with Crippen LogP contribution >= 0.6 is 0 Å². The number of carbonyl (C=O) groups excluding carboxylic acids is 1. The molecule has 0 saturated carbocycles. The van der Waals surface area contributed by atoms with Crippen LogP contribution in [0.15, 0.2) is 42.7 Å². The van der Waals surface area contributed by atoms with Crippen molar-refractivity contribution in [3.63, 3.8) is 0 Å². The molecule has 0 unspecified atom stereocenters. The Bertz CT molecular complexity index is 573. The number of rotatable bonds is 4. The molecule has 4 nitrogen and oxygen atoms in total. The SMILES string of the molecule is COC(=O)c1cccc(-n2ccc(CN(C)C)c2)c1. The Morgan fingerprint density at radius 3 is 2.79 bits per heavy atom. The van der Waals surface area contributed by atoms with Crippen LogP contribution in [0.2, 0.25) is 0 Å². The Balaban J connectivity index is 2.26. The van der Waals surface area contributed by atoms with Gasteiger partial charge in [-0.2, -0.15) is 0 Å². The van der Waals surface area contributed by atoms with Gasteiger partial charge in [-0.3, -0.25) is 0 Å². The van der Waals surface area contributed by atoms with Crippen LogP contribution in [0, 0.1) is 0 Å². The van der Waals surface area contributed by atoms with Crippen LogP contribution < -0.4 is 0 Å². The molecular formula is C15H18N2O2. The Hall–Kier alpha value is -2.07. The number of esters is 1. The standard InChI is InChI=1S/C15H18N2O2/c1-16(2)10-12-7-8-17(11-12)14-6-4-5-13(9-14)15(18)19-3/h4-9,11H,10H2,1-3H3. The maximum absolute atomic E-state index is 11.5. The summed E-state index contributed by atoms with van der Waals surface area (Å²) in [6.07, 6.45) is 4.06. The van der Waals surface area contributed by atoms with Gasteiger partial charge in [0.05, 0.1) is 12.7 Å². The highest BCUT2D eigenvalue weighted by Crippen LogP contribution is 2.14. The molecule has 0 amide bonds. The summed E-state index contributed by atoms with van der Waals surface area (Å²) in [5.74, 6) is -0.317. The number of nitrogens with zero attached hydrogens (tertiary/aromatic N) is 2. The Kier molecular flexibility index (Phi) is 4.02. The lowest BCUT2D eigenvalue weighted by molar-refractivity contribution is 0.0600. The molecule has 0 bridgehead atoms. The largest absolute Gasteiger partial charge is 0.465 e. The fraction of sp³-hybridized carbons (Fsp3) is 0.267. The third-order valence-corrected chi connectivity index (χ3v) is 2.82. The van der Waals surface area contributed by atoms with Crippen LogP contribution in [0.5, 0.6) is 0 Å². The predicted molar refractivity (Wildman–Crippen MR) is 74.5 cm³/mol. The second-order valence-electron chi connectivity index (χ2n) is 4.71. The summed E-state index contributed by atoms with van der Waals surface area (Å²) in [5, 5.41) is 0. The molecule has 1 heterocycles. The maximum Gasteiger partial charge on any atom is 0.337 e. The lowest BCUT2D eigenvalue weighted by Gasteiger charge is -2.07. The van der Waals surface area contributed by atoms with E-state index in [1.807, 2.05) is 43.1 Å². The van der Waals surface area contributed by atoms with Crippen molar-refractivity contribution in [3.05, 3.63) is 53.9 Å². The average molecular weight is 258 g/mol. The zero-order valence-electron chi connectivity index (χ0n) is 11.5. The summed E-state index contributed by atoms with van der Waals surface area (Å²) in [5.41, 5.74) is 2.74. The Labute approximate surface area is 113 Å². The van der Waals surface area contributed by atoms with Crippen LogP contribution in [-0.2, 0) is 11.3 Å². The molecule has 0 spiro atoms. The molecule has 19 heavy (non-hydrogen) atoms. The first-order valence-electron chi connectivity index (χ1n) is 6.10. The first-order chi connectivity index (χ1) is 9.10. The molecule has 0 N–H and O–H groups in total. The molecule has 0 aliphatic carbocycles. The van der Waals surface area contributed by atoms with Gasteiger partial charge < -0.3 is 14.2 Å². The van der Waals surface area contributed by atoms with Crippen molar-refractivity contribution in [2.75, 3.05) is 21.2 Å². The van der Waals surface area contributed by atoms with E-state index in [0.717, 1.165) is 12.2 Å². The van der Waals surface area contributed by atoms with Gasteiger partial charge in [-0.25, -0.2) is 4.79 Å². The third kappa shape index (κ3) is 3.23. The molecule has 4 heteroatoms. The summed E-state index contributed by atoms with van der Waals surface area (Å²) >= 11 is 0. The number of hydrogen-bond donors (Lipinski definition) is 0. The Morgan fingerprint density at radius 1 is 1.32 bits per heavy atom. The van der Waals surface area contributed by atoms with E-state index in [9.17, 15) is 4.79 Å². The van der Waals surface area contributed by atoms with Gasteiger partial charge in [0.2, 0.25) is 0 Å². The van der Waals surface area contributed by atoms with Crippen molar-refractivity contribution in [3.8, 4) is 5.69 Å². The fourth-order valence-electron chi connectivity index (χ4n) is 1.97. The van der Waals surface area contributed by atoms with E-state index in [1.165, 1.54) is 12.7 Å². The highest BCUT2D eigenvalue weighted by Gasteiger charge is 2.07. The topological polar surface area (TPSA) is 34.5 Å². The van der Waals surface area contributed by atoms with E-state index in [1.54, 1.807) is 6.07 Å². The number of methoxy groups -OCH3 is 1. The van der Waals surface area contributed by atoms with Crippen LogP contribution in [0.4, 0.5) is 0 Å². The van der Waals surface area contributed by atoms with Crippen molar-refractivity contribution in [2.45, 2.75) is 6.54 Å². The minimum Gasteiger partial charge on any atom is -0.465 e. The highest BCUT2D eigenvalue weighted by atomic mass is 16.5. The first-order valence-corrected chi connectivity index (χ1v) is 6.10. The number of aromatic nitrogens is 1. The van der Waals surface area contributed by atoms with Crippen LogP contribution in [0.25, 0.3) is 5.69 Å². The molecule has 1 aromatic carbocycles. The van der Waals surface area contributed by atoms with E-state index in [0.29, 0.717) is 5.56 Å². The van der Waals surface area contributed by atoms with Crippen LogP contribution in [0.1, 0.15) is 15.9 Å². The third-order valence-electron chi connectivity index (χ3n) is 2.82. The monoisotopic (exact) mass is 258 g/mol. The molecule has 0 aliphatic heterocycles. The zero-order valence-corrected chi connectivity index (χ0v) is 11.5. The van der Waals surface area contributed by atoms with E-state index >= 15 is 0 Å². The lowest BCUT2D eigenvalue weighted by atomic mass is 10.2. The van der Waals surface area contributed by atoms with E-state index in [4.69, 9.17) is 4.74 Å². The summed E-state index contributed by atoms with van der Waals surface area (Å²) in [7, 11) is 5.46. The van der Waals surface area contributed by atoms with Gasteiger partial charge in [0.1, 0.15) is 0 Å². The highest BCUT2D eigenvalue weighted by molar-refractivity contribution is 5.89. The normalized spacial score (nSPS) is 10.7. The number of benzene rings is 1. The van der Waals surface area contributed by atoms with Gasteiger partial charge in [0, 0.05) is 24.6 Å². The molecule has 0 fully saturated rings. The van der Waals surface area contributed by atoms with Gasteiger partial charge in [-0.15, -0.1) is 0 Å². The molecule has 1 aromatic heterocycles. The molecular weight excluding hydrogens is 240 g/mol. The Morgan fingerprint density at radius 2 is 2.11 bits per heavy atom. The van der Waals surface area contributed by atoms with Crippen molar-refractivity contribution >= 4 is 5.97 Å². The van der Waals surface area contributed by atoms with Crippen molar-refractivity contribution in [1.82, 2.24) is 9.47 Å². The van der Waals surface area contributed by atoms with Crippen LogP contribution in [-0.4, -0.2) is 36.6 Å². The summed E-state index contributed by atoms with van der Waals surface area (Å²) in [4.78, 5) is 13.6. The second kappa shape index (κ2) is 5.71. The summed E-state index contributed by atoms with van der Waals surface area (Å²) in [6, 6.07) is 9.47. The maximum atomic E-state index is 11.5. The first kappa shape index (κ1) is 13.4. The van der Waals surface area contributed by atoms with Crippen LogP contribution in [0.3, 0.4) is 0 Å². The average Bonchev–Trinajstić information content (AvgIpc) is 2.85. The molecule has 100 valence electrons. The van der Waals surface area contributed by atoms with Gasteiger partial charge in [0.25, 0.3) is 0 Å². The number of hydrogen-bond acceptors (Lipinski definition) is 3. The minimum atomic E-state index is -0.317. The van der Waals surface area contributed by atoms with Gasteiger partial charge in [-0.05, 0) is 43.9 Å². The van der Waals surface area contributed by atoms with Crippen molar-refractivity contribution in [2.24, 2.45) is 0 Å². The smallest absolute Gasteiger partial charge is 0.337 e. The zero-order chi connectivity index (χ0) is 13.8. The summed E-state index contributed by atoms with van der Waals surface area (Å²) < 4.78 is 6.74. The molecule has 0 radical (unpaired) electrons. The summed E-state index contributed by atoms with van der Waals surface area (Å²) in [6.45, 7) is 0.893. The molecule has 0 atom stereocenters. The number of carbonyl (C=O) groups is 1. The lowest BCUT2D eigenvalue weighted by Crippen LogP contribution is -2.09. The molecule has 2 rings (SSSR count). The molecule has 0 aliphatic rings. The van der Waals surface area contributed by atoms with Gasteiger partial charge in [0.15, 0.2) is 0 Å². The van der Waals surface area contributed by atoms with Gasteiger partial charge in [-0.1, -0.05) is 6.07 Å². The van der Waals surface area contributed by atoms with E-state index < -0.39 is 0 Å². The molecule has 0 saturated heterocycles. The molecule has 2 aromatic rings. The quantitative estimate of drug-likeness (QED) is 0.789. The van der Waals surface area contributed by atoms with Crippen molar-refractivity contribution < 1.29 is 9.53 Å². The minimum absolute atomic E-state index is 0.317.